The second-order valence-corrected chi connectivity index (χ2v) is 7.10. The van der Waals surface area contributed by atoms with Gasteiger partial charge in [-0.1, -0.05) is 12.1 Å². The summed E-state index contributed by atoms with van der Waals surface area (Å²) in [6.07, 6.45) is 0. The third-order valence-corrected chi connectivity index (χ3v) is 5.33. The topological polar surface area (TPSA) is 75.6 Å². The summed E-state index contributed by atoms with van der Waals surface area (Å²) < 4.78 is 15.5. The van der Waals surface area contributed by atoms with Crippen LogP contribution in [-0.4, -0.2) is 71.4 Å². The van der Waals surface area contributed by atoms with Crippen molar-refractivity contribution in [1.82, 2.24) is 10.2 Å². The van der Waals surface area contributed by atoms with Crippen molar-refractivity contribution in [2.45, 2.75) is 6.54 Å². The summed E-state index contributed by atoms with van der Waals surface area (Å²) in [6, 6.07) is 13.6. The fourth-order valence-electron chi connectivity index (χ4n) is 3.63. The first kappa shape index (κ1) is 22.3. The Bertz CT molecular complexity index is 924. The van der Waals surface area contributed by atoms with Crippen LogP contribution in [0.5, 0.6) is 11.5 Å². The Morgan fingerprint density at radius 2 is 1.81 bits per heavy atom. The van der Waals surface area contributed by atoms with Crippen molar-refractivity contribution in [3.05, 3.63) is 53.6 Å². The number of rotatable bonds is 6. The van der Waals surface area contributed by atoms with Crippen LogP contribution < -0.4 is 19.7 Å². The third-order valence-electron chi connectivity index (χ3n) is 5.33. The van der Waals surface area contributed by atoms with Gasteiger partial charge in [0.25, 0.3) is 0 Å². The van der Waals surface area contributed by atoms with Crippen molar-refractivity contribution >= 4 is 17.6 Å². The molecule has 1 aliphatic heterocycles. The smallest absolute Gasteiger partial charge is 0.341 e. The zero-order valence-corrected chi connectivity index (χ0v) is 18.6. The molecule has 2 aromatic rings. The number of aliphatic imine (C=N–C) groups is 1. The molecule has 0 spiro atoms. The molecule has 0 unspecified atom stereocenters. The molecule has 1 fully saturated rings. The van der Waals surface area contributed by atoms with Crippen molar-refractivity contribution in [2.24, 2.45) is 4.99 Å². The van der Waals surface area contributed by atoms with Gasteiger partial charge >= 0.3 is 5.97 Å². The molecule has 3 rings (SSSR count). The van der Waals surface area contributed by atoms with E-state index in [1.165, 1.54) is 14.2 Å². The predicted octanol–water partition coefficient (Wildman–Crippen LogP) is 2.39. The first-order valence-corrected chi connectivity index (χ1v) is 10.2. The number of hydrogen-bond donors (Lipinski definition) is 1. The molecule has 8 nitrogen and oxygen atoms in total. The van der Waals surface area contributed by atoms with Gasteiger partial charge in [0.2, 0.25) is 0 Å². The van der Waals surface area contributed by atoms with E-state index in [2.05, 4.69) is 32.2 Å². The Morgan fingerprint density at radius 1 is 1.03 bits per heavy atom. The SMILES string of the molecule is CN=C(NCc1ccc(OC)c(C(=O)OC)c1)N1CCN(c2cccc(OC)c2)CC1. The molecule has 31 heavy (non-hydrogen) atoms. The zero-order valence-electron chi connectivity index (χ0n) is 18.6. The number of nitrogens with one attached hydrogen (secondary N) is 1. The molecule has 1 saturated heterocycles. The van der Waals surface area contributed by atoms with Crippen LogP contribution in [0.25, 0.3) is 0 Å². The summed E-state index contributed by atoms with van der Waals surface area (Å²) in [7, 11) is 6.36. The van der Waals surface area contributed by atoms with Gasteiger partial charge in [-0.2, -0.15) is 0 Å². The summed E-state index contributed by atoms with van der Waals surface area (Å²) in [5, 5.41) is 3.39. The highest BCUT2D eigenvalue weighted by Gasteiger charge is 2.20. The lowest BCUT2D eigenvalue weighted by molar-refractivity contribution is 0.0597. The Kier molecular flexibility index (Phi) is 7.59. The number of esters is 1. The molecule has 0 atom stereocenters. The second kappa shape index (κ2) is 10.6. The van der Waals surface area contributed by atoms with Gasteiger partial charge in [0.1, 0.15) is 17.1 Å². The van der Waals surface area contributed by atoms with Crippen LogP contribution in [0, 0.1) is 0 Å². The molecule has 0 aliphatic carbocycles. The van der Waals surface area contributed by atoms with E-state index in [-0.39, 0.29) is 0 Å². The fraction of sp³-hybridized carbons (Fsp3) is 0.391. The van der Waals surface area contributed by atoms with Gasteiger partial charge in [0.05, 0.1) is 21.3 Å². The number of carbonyl (C=O) groups is 1. The number of hydrogen-bond acceptors (Lipinski definition) is 6. The highest BCUT2D eigenvalue weighted by Crippen LogP contribution is 2.23. The van der Waals surface area contributed by atoms with E-state index in [9.17, 15) is 4.79 Å². The molecular formula is C23H30N4O4. The molecule has 0 aromatic heterocycles. The monoisotopic (exact) mass is 426 g/mol. The zero-order chi connectivity index (χ0) is 22.2. The Labute approximate surface area is 183 Å². The van der Waals surface area contributed by atoms with E-state index < -0.39 is 5.97 Å². The molecule has 1 heterocycles. The van der Waals surface area contributed by atoms with E-state index in [1.54, 1.807) is 26.3 Å². The summed E-state index contributed by atoms with van der Waals surface area (Å²) in [4.78, 5) is 21.0. The quantitative estimate of drug-likeness (QED) is 0.432. The van der Waals surface area contributed by atoms with Crippen LogP contribution in [-0.2, 0) is 11.3 Å². The van der Waals surface area contributed by atoms with Gasteiger partial charge in [-0.15, -0.1) is 0 Å². The van der Waals surface area contributed by atoms with Crippen LogP contribution in [0.1, 0.15) is 15.9 Å². The Morgan fingerprint density at radius 3 is 2.45 bits per heavy atom. The minimum absolute atomic E-state index is 0.409. The molecule has 8 heteroatoms. The number of methoxy groups -OCH3 is 3. The van der Waals surface area contributed by atoms with E-state index in [0.717, 1.165) is 49.1 Å². The van der Waals surface area contributed by atoms with Crippen molar-refractivity contribution in [3.8, 4) is 11.5 Å². The van der Waals surface area contributed by atoms with Crippen LogP contribution in [0.2, 0.25) is 0 Å². The minimum Gasteiger partial charge on any atom is -0.497 e. The maximum Gasteiger partial charge on any atom is 0.341 e. The number of nitrogens with zero attached hydrogens (tertiary/aromatic N) is 3. The van der Waals surface area contributed by atoms with Gasteiger partial charge in [-0.05, 0) is 29.8 Å². The summed E-state index contributed by atoms with van der Waals surface area (Å²) in [5.41, 5.74) is 2.51. The average Bonchev–Trinajstić information content (AvgIpc) is 2.84. The molecule has 1 N–H and O–H groups in total. The van der Waals surface area contributed by atoms with Crippen molar-refractivity contribution in [3.63, 3.8) is 0 Å². The van der Waals surface area contributed by atoms with Crippen molar-refractivity contribution < 1.29 is 19.0 Å². The lowest BCUT2D eigenvalue weighted by Gasteiger charge is -2.37. The predicted molar refractivity (Wildman–Crippen MR) is 121 cm³/mol. The van der Waals surface area contributed by atoms with E-state index in [4.69, 9.17) is 14.2 Å². The van der Waals surface area contributed by atoms with Gasteiger partial charge in [0, 0.05) is 51.5 Å². The Hall–Kier alpha value is -3.42. The van der Waals surface area contributed by atoms with Gasteiger partial charge in [-0.3, -0.25) is 4.99 Å². The lowest BCUT2D eigenvalue weighted by Crippen LogP contribution is -2.52. The molecule has 0 saturated carbocycles. The molecule has 0 amide bonds. The number of benzene rings is 2. The molecule has 166 valence electrons. The molecule has 2 aromatic carbocycles. The summed E-state index contributed by atoms with van der Waals surface area (Å²) in [5.74, 6) is 1.77. The fourth-order valence-corrected chi connectivity index (χ4v) is 3.63. The maximum atomic E-state index is 12.0. The second-order valence-electron chi connectivity index (χ2n) is 7.10. The van der Waals surface area contributed by atoms with Crippen LogP contribution in [0.4, 0.5) is 5.69 Å². The van der Waals surface area contributed by atoms with E-state index in [1.807, 2.05) is 18.2 Å². The van der Waals surface area contributed by atoms with Gasteiger partial charge in [0.15, 0.2) is 5.96 Å². The number of ether oxygens (including phenoxy) is 3. The van der Waals surface area contributed by atoms with Crippen LogP contribution in [0.15, 0.2) is 47.5 Å². The van der Waals surface area contributed by atoms with Crippen LogP contribution in [0.3, 0.4) is 0 Å². The largest absolute Gasteiger partial charge is 0.497 e. The number of anilines is 1. The molecule has 0 bridgehead atoms. The standard InChI is InChI=1S/C23H30N4O4/c1-24-23(25-16-17-8-9-21(30-3)20(14-17)22(28)31-4)27-12-10-26(11-13-27)18-6-5-7-19(15-18)29-2/h5-9,14-15H,10-13,16H2,1-4H3,(H,24,25). The number of carbonyl (C=O) groups excluding carboxylic acids is 1. The third kappa shape index (κ3) is 5.39. The van der Waals surface area contributed by atoms with Gasteiger partial charge < -0.3 is 29.3 Å². The number of piperazine rings is 1. The first-order chi connectivity index (χ1) is 15.1. The Balaban J connectivity index is 1.59. The summed E-state index contributed by atoms with van der Waals surface area (Å²) >= 11 is 0. The van der Waals surface area contributed by atoms with Gasteiger partial charge in [-0.25, -0.2) is 4.79 Å². The van der Waals surface area contributed by atoms with E-state index in [0.29, 0.717) is 17.9 Å². The maximum absolute atomic E-state index is 12.0. The van der Waals surface area contributed by atoms with Crippen molar-refractivity contribution in [1.29, 1.82) is 0 Å². The molecule has 1 aliphatic rings. The number of guanidine groups is 1. The lowest BCUT2D eigenvalue weighted by atomic mass is 10.1. The minimum atomic E-state index is -0.420. The normalized spacial score (nSPS) is 14.3. The molecular weight excluding hydrogens is 396 g/mol. The van der Waals surface area contributed by atoms with E-state index >= 15 is 0 Å². The highest BCUT2D eigenvalue weighted by atomic mass is 16.5. The highest BCUT2D eigenvalue weighted by molar-refractivity contribution is 5.92. The molecule has 0 radical (unpaired) electrons. The van der Waals surface area contributed by atoms with Crippen LogP contribution >= 0.6 is 0 Å². The average molecular weight is 427 g/mol. The summed E-state index contributed by atoms with van der Waals surface area (Å²) in [6.45, 7) is 4.03. The first-order valence-electron chi connectivity index (χ1n) is 10.2. The van der Waals surface area contributed by atoms with Crippen molar-refractivity contribution in [2.75, 3.05) is 59.5 Å².